The topological polar surface area (TPSA) is 82.1 Å². The number of hydrogen-bond acceptors (Lipinski definition) is 8. The van der Waals surface area contributed by atoms with Gasteiger partial charge in [-0.15, -0.1) is 0 Å². The molecule has 1 aromatic heterocycles. The van der Waals surface area contributed by atoms with E-state index in [1.54, 1.807) is 13.2 Å². The van der Waals surface area contributed by atoms with Crippen molar-refractivity contribution in [3.8, 4) is 5.75 Å². The molecule has 2 aliphatic rings. The smallest absolute Gasteiger partial charge is 0.254 e. The van der Waals surface area contributed by atoms with E-state index in [0.29, 0.717) is 54.4 Å². The lowest BCUT2D eigenvalue weighted by atomic mass is 10.1. The SMILES string of the molecule is COc1ccc(N2CCN(C(=O)CSc3nc(Cl)cc(N4CCN(C(=O)c5ccc(C)cc5)[C@@H](C)C4)n3)CC2)cc1. The highest BCUT2D eigenvalue weighted by atomic mass is 35.5. The molecule has 11 heteroatoms. The van der Waals surface area contributed by atoms with Crippen molar-refractivity contribution in [1.82, 2.24) is 19.8 Å². The summed E-state index contributed by atoms with van der Waals surface area (Å²) in [6, 6.07) is 17.4. The standard InChI is InChI=1S/C30H35ClN6O3S/c1-21-4-6-23(7-5-21)29(39)37-17-16-36(19-22(37)2)27-18-26(31)32-30(33-27)41-20-28(38)35-14-12-34(13-15-35)24-8-10-25(40-3)11-9-24/h4-11,18,22H,12-17,19-20H2,1-3H3/t22-/m0/s1. The van der Waals surface area contributed by atoms with Crippen LogP contribution in [0.4, 0.5) is 11.5 Å². The maximum atomic E-state index is 13.1. The van der Waals surface area contributed by atoms with Gasteiger partial charge in [0.25, 0.3) is 5.91 Å². The highest BCUT2D eigenvalue weighted by Gasteiger charge is 2.29. The maximum Gasteiger partial charge on any atom is 0.254 e. The number of ether oxygens (including phenoxy) is 1. The van der Waals surface area contributed by atoms with E-state index in [4.69, 9.17) is 21.3 Å². The normalized spacial score (nSPS) is 17.5. The number of carbonyl (C=O) groups excluding carboxylic acids is 2. The van der Waals surface area contributed by atoms with Crippen LogP contribution in [-0.2, 0) is 4.79 Å². The number of benzene rings is 2. The Bertz CT molecular complexity index is 1370. The fraction of sp³-hybridized carbons (Fsp3) is 0.400. The maximum absolute atomic E-state index is 13.1. The van der Waals surface area contributed by atoms with Gasteiger partial charge in [0.05, 0.1) is 12.9 Å². The van der Waals surface area contributed by atoms with E-state index in [0.717, 1.165) is 30.1 Å². The summed E-state index contributed by atoms with van der Waals surface area (Å²) in [5, 5.41) is 0.812. The Morgan fingerprint density at radius 2 is 1.63 bits per heavy atom. The molecule has 0 saturated carbocycles. The Kier molecular flexibility index (Phi) is 9.19. The third-order valence-corrected chi connectivity index (χ3v) is 8.59. The summed E-state index contributed by atoms with van der Waals surface area (Å²) < 4.78 is 5.24. The first kappa shape index (κ1) is 29.0. The summed E-state index contributed by atoms with van der Waals surface area (Å²) in [5.41, 5.74) is 2.95. The Labute approximate surface area is 250 Å². The molecule has 1 atom stereocenters. The van der Waals surface area contributed by atoms with Crippen LogP contribution < -0.4 is 14.5 Å². The van der Waals surface area contributed by atoms with Gasteiger partial charge in [-0.05, 0) is 50.2 Å². The van der Waals surface area contributed by atoms with Gasteiger partial charge in [0.1, 0.15) is 16.7 Å². The summed E-state index contributed by atoms with van der Waals surface area (Å²) in [5.74, 6) is 1.89. The second kappa shape index (κ2) is 13.0. The Morgan fingerprint density at radius 3 is 2.29 bits per heavy atom. The predicted octanol–water partition coefficient (Wildman–Crippen LogP) is 4.24. The minimum absolute atomic E-state index is 0.000516. The largest absolute Gasteiger partial charge is 0.497 e. The number of amides is 2. The fourth-order valence-electron chi connectivity index (χ4n) is 5.17. The number of methoxy groups -OCH3 is 1. The quantitative estimate of drug-likeness (QED) is 0.228. The molecule has 0 spiro atoms. The lowest BCUT2D eigenvalue weighted by Crippen LogP contribution is -2.54. The number of carbonyl (C=O) groups is 2. The summed E-state index contributed by atoms with van der Waals surface area (Å²) in [4.78, 5) is 43.3. The van der Waals surface area contributed by atoms with E-state index in [-0.39, 0.29) is 23.6 Å². The van der Waals surface area contributed by atoms with E-state index in [1.165, 1.54) is 11.8 Å². The number of piperazine rings is 2. The van der Waals surface area contributed by atoms with Crippen molar-refractivity contribution in [2.75, 3.05) is 68.5 Å². The van der Waals surface area contributed by atoms with Crippen LogP contribution in [0.15, 0.2) is 59.8 Å². The van der Waals surface area contributed by atoms with Crippen molar-refractivity contribution < 1.29 is 14.3 Å². The van der Waals surface area contributed by atoms with Crippen LogP contribution >= 0.6 is 23.4 Å². The van der Waals surface area contributed by atoms with Crippen LogP contribution in [-0.4, -0.2) is 96.3 Å². The third kappa shape index (κ3) is 7.05. The molecule has 216 valence electrons. The van der Waals surface area contributed by atoms with Crippen LogP contribution in [0.1, 0.15) is 22.8 Å². The zero-order valence-corrected chi connectivity index (χ0v) is 25.2. The van der Waals surface area contributed by atoms with Gasteiger partial charge < -0.3 is 24.3 Å². The molecule has 9 nitrogen and oxygen atoms in total. The predicted molar refractivity (Wildman–Crippen MR) is 163 cm³/mol. The van der Waals surface area contributed by atoms with Gasteiger partial charge in [-0.1, -0.05) is 41.1 Å². The molecular formula is C30H35ClN6O3S. The molecule has 2 fully saturated rings. The van der Waals surface area contributed by atoms with Gasteiger partial charge in [-0.2, -0.15) is 0 Å². The average Bonchev–Trinajstić information content (AvgIpc) is 3.00. The molecular weight excluding hydrogens is 560 g/mol. The molecule has 2 amide bonds. The lowest BCUT2D eigenvalue weighted by molar-refractivity contribution is -0.128. The number of rotatable bonds is 7. The summed E-state index contributed by atoms with van der Waals surface area (Å²) in [6.45, 7) is 8.78. The first-order valence-electron chi connectivity index (χ1n) is 13.8. The van der Waals surface area contributed by atoms with Crippen molar-refractivity contribution in [2.45, 2.75) is 25.0 Å². The van der Waals surface area contributed by atoms with Gasteiger partial charge in [0, 0.05) is 69.2 Å². The van der Waals surface area contributed by atoms with Gasteiger partial charge in [0.15, 0.2) is 5.16 Å². The zero-order chi connectivity index (χ0) is 28.9. The van der Waals surface area contributed by atoms with E-state index >= 15 is 0 Å². The van der Waals surface area contributed by atoms with Crippen molar-refractivity contribution in [2.24, 2.45) is 0 Å². The number of thioether (sulfide) groups is 1. The van der Waals surface area contributed by atoms with E-state index < -0.39 is 0 Å². The van der Waals surface area contributed by atoms with Crippen molar-refractivity contribution >= 4 is 46.7 Å². The number of nitrogens with zero attached hydrogens (tertiary/aromatic N) is 6. The monoisotopic (exact) mass is 594 g/mol. The molecule has 41 heavy (non-hydrogen) atoms. The number of halogens is 1. The molecule has 3 aromatic rings. The summed E-state index contributed by atoms with van der Waals surface area (Å²) >= 11 is 7.67. The number of aromatic nitrogens is 2. The molecule has 3 heterocycles. The number of hydrogen-bond donors (Lipinski definition) is 0. The zero-order valence-electron chi connectivity index (χ0n) is 23.6. The van der Waals surface area contributed by atoms with E-state index in [1.807, 2.05) is 72.2 Å². The molecule has 2 aromatic carbocycles. The van der Waals surface area contributed by atoms with Crippen LogP contribution in [0.25, 0.3) is 0 Å². The van der Waals surface area contributed by atoms with Crippen molar-refractivity contribution in [1.29, 1.82) is 0 Å². The average molecular weight is 595 g/mol. The molecule has 2 saturated heterocycles. The first-order chi connectivity index (χ1) is 19.8. The van der Waals surface area contributed by atoms with Crippen LogP contribution in [0, 0.1) is 6.92 Å². The molecule has 0 aliphatic carbocycles. The Morgan fingerprint density at radius 1 is 0.951 bits per heavy atom. The summed E-state index contributed by atoms with van der Waals surface area (Å²) in [7, 11) is 1.66. The van der Waals surface area contributed by atoms with Crippen LogP contribution in [0.5, 0.6) is 5.75 Å². The minimum atomic E-state index is 0.000516. The van der Waals surface area contributed by atoms with Gasteiger partial charge in [-0.25, -0.2) is 9.97 Å². The second-order valence-corrected chi connectivity index (χ2v) is 11.7. The van der Waals surface area contributed by atoms with Crippen LogP contribution in [0.2, 0.25) is 5.15 Å². The van der Waals surface area contributed by atoms with Crippen molar-refractivity contribution in [3.63, 3.8) is 0 Å². The van der Waals surface area contributed by atoms with Gasteiger partial charge >= 0.3 is 0 Å². The van der Waals surface area contributed by atoms with Gasteiger partial charge in [-0.3, -0.25) is 9.59 Å². The molecule has 0 bridgehead atoms. The van der Waals surface area contributed by atoms with E-state index in [9.17, 15) is 9.59 Å². The summed E-state index contributed by atoms with van der Waals surface area (Å²) in [6.07, 6.45) is 0. The number of anilines is 2. The van der Waals surface area contributed by atoms with Crippen LogP contribution in [0.3, 0.4) is 0 Å². The second-order valence-electron chi connectivity index (χ2n) is 10.3. The molecule has 0 N–H and O–H groups in total. The van der Waals surface area contributed by atoms with Gasteiger partial charge in [0.2, 0.25) is 5.91 Å². The molecule has 0 unspecified atom stereocenters. The van der Waals surface area contributed by atoms with Crippen molar-refractivity contribution in [3.05, 3.63) is 70.9 Å². The number of aryl methyl sites for hydroxylation is 1. The molecule has 0 radical (unpaired) electrons. The Balaban J connectivity index is 1.14. The molecule has 5 rings (SSSR count). The third-order valence-electron chi connectivity index (χ3n) is 7.57. The first-order valence-corrected chi connectivity index (χ1v) is 15.1. The lowest BCUT2D eigenvalue weighted by Gasteiger charge is -2.40. The highest BCUT2D eigenvalue weighted by molar-refractivity contribution is 7.99. The minimum Gasteiger partial charge on any atom is -0.497 e. The Hall–Kier alpha value is -3.50. The molecule has 2 aliphatic heterocycles. The highest BCUT2D eigenvalue weighted by Crippen LogP contribution is 2.26. The fourth-order valence-corrected chi connectivity index (χ4v) is 6.15. The van der Waals surface area contributed by atoms with E-state index in [2.05, 4.69) is 14.8 Å².